The van der Waals surface area contributed by atoms with E-state index in [2.05, 4.69) is 20.3 Å². The summed E-state index contributed by atoms with van der Waals surface area (Å²) in [6.45, 7) is -1.21. The summed E-state index contributed by atoms with van der Waals surface area (Å²) in [5.41, 5.74) is 2.43. The standard InChI is InChI=1S/C19H17F2N3O3/c1-11-6-7-17(27-19(20)21)15(8-11)22-18(25)16-10-14(23-24-16)12-4-3-5-13(9-12)26-2/h3-10,19H,1-2H3,(H,22,25)(H,23,24). The van der Waals surface area contributed by atoms with Crippen LogP contribution in [-0.4, -0.2) is 29.8 Å². The van der Waals surface area contributed by atoms with Crippen LogP contribution in [0.2, 0.25) is 0 Å². The van der Waals surface area contributed by atoms with Crippen LogP contribution in [0.5, 0.6) is 11.5 Å². The Kier molecular flexibility index (Phi) is 5.35. The Labute approximate surface area is 154 Å². The molecule has 0 spiro atoms. The van der Waals surface area contributed by atoms with E-state index in [4.69, 9.17) is 4.74 Å². The summed E-state index contributed by atoms with van der Waals surface area (Å²) in [6.07, 6.45) is 0. The van der Waals surface area contributed by atoms with Crippen LogP contribution in [0.1, 0.15) is 16.1 Å². The first-order valence-electron chi connectivity index (χ1n) is 8.03. The smallest absolute Gasteiger partial charge is 0.387 e. The van der Waals surface area contributed by atoms with Crippen LogP contribution in [0, 0.1) is 6.92 Å². The molecule has 1 aromatic heterocycles. The van der Waals surface area contributed by atoms with Gasteiger partial charge < -0.3 is 14.8 Å². The van der Waals surface area contributed by atoms with Crippen molar-refractivity contribution >= 4 is 11.6 Å². The second kappa shape index (κ2) is 7.86. The molecule has 27 heavy (non-hydrogen) atoms. The number of halogens is 2. The van der Waals surface area contributed by atoms with Gasteiger partial charge in [0.2, 0.25) is 0 Å². The van der Waals surface area contributed by atoms with Gasteiger partial charge >= 0.3 is 6.61 Å². The molecule has 2 aromatic carbocycles. The third kappa shape index (κ3) is 4.41. The molecule has 3 aromatic rings. The largest absolute Gasteiger partial charge is 0.497 e. The van der Waals surface area contributed by atoms with Gasteiger partial charge in [0.25, 0.3) is 5.91 Å². The van der Waals surface area contributed by atoms with Crippen molar-refractivity contribution < 1.29 is 23.0 Å². The van der Waals surface area contributed by atoms with Crippen molar-refractivity contribution in [1.82, 2.24) is 10.2 Å². The number of rotatable bonds is 6. The average Bonchev–Trinajstić information content (AvgIpc) is 3.14. The Morgan fingerprint density at radius 1 is 1.19 bits per heavy atom. The summed E-state index contributed by atoms with van der Waals surface area (Å²) in [6, 6.07) is 13.3. The van der Waals surface area contributed by atoms with Gasteiger partial charge in [-0.25, -0.2) is 0 Å². The Bertz CT molecular complexity index is 957. The van der Waals surface area contributed by atoms with Crippen molar-refractivity contribution in [2.45, 2.75) is 13.5 Å². The van der Waals surface area contributed by atoms with E-state index in [1.54, 1.807) is 44.4 Å². The molecule has 6 nitrogen and oxygen atoms in total. The van der Waals surface area contributed by atoms with Crippen LogP contribution >= 0.6 is 0 Å². The number of aromatic amines is 1. The maximum atomic E-state index is 12.6. The fourth-order valence-electron chi connectivity index (χ4n) is 2.50. The number of benzene rings is 2. The maximum absolute atomic E-state index is 12.6. The van der Waals surface area contributed by atoms with Crippen LogP contribution in [0.3, 0.4) is 0 Å². The SMILES string of the molecule is COc1cccc(-c2cc(C(=O)Nc3cc(C)ccc3OC(F)F)[nH]n2)c1. The first kappa shape index (κ1) is 18.4. The van der Waals surface area contributed by atoms with E-state index in [0.717, 1.165) is 11.1 Å². The van der Waals surface area contributed by atoms with E-state index in [1.165, 1.54) is 6.07 Å². The number of nitrogens with zero attached hydrogens (tertiary/aromatic N) is 1. The molecule has 0 aliphatic heterocycles. The Balaban J connectivity index is 1.81. The van der Waals surface area contributed by atoms with Crippen molar-refractivity contribution in [2.75, 3.05) is 12.4 Å². The molecule has 2 N–H and O–H groups in total. The number of nitrogens with one attached hydrogen (secondary N) is 2. The Morgan fingerprint density at radius 3 is 2.74 bits per heavy atom. The molecule has 0 bridgehead atoms. The zero-order chi connectivity index (χ0) is 19.4. The van der Waals surface area contributed by atoms with Crippen molar-refractivity contribution in [1.29, 1.82) is 0 Å². The predicted octanol–water partition coefficient (Wildman–Crippen LogP) is 4.25. The van der Waals surface area contributed by atoms with E-state index in [9.17, 15) is 13.6 Å². The average molecular weight is 373 g/mol. The molecule has 8 heteroatoms. The van der Waals surface area contributed by atoms with Crippen molar-refractivity contribution in [3.05, 3.63) is 59.8 Å². The van der Waals surface area contributed by atoms with E-state index in [-0.39, 0.29) is 17.1 Å². The number of amides is 1. The molecule has 0 radical (unpaired) electrons. The van der Waals surface area contributed by atoms with Gasteiger partial charge in [-0.05, 0) is 42.8 Å². The molecule has 0 aliphatic carbocycles. The minimum atomic E-state index is -2.99. The van der Waals surface area contributed by atoms with Gasteiger partial charge in [-0.2, -0.15) is 13.9 Å². The maximum Gasteiger partial charge on any atom is 0.387 e. The molecule has 0 aliphatic rings. The number of carbonyl (C=O) groups is 1. The van der Waals surface area contributed by atoms with Gasteiger partial charge in [0, 0.05) is 5.56 Å². The summed E-state index contributed by atoms with van der Waals surface area (Å²) in [5.74, 6) is 0.0212. The summed E-state index contributed by atoms with van der Waals surface area (Å²) in [5, 5.41) is 9.33. The first-order chi connectivity index (χ1) is 13.0. The molecule has 3 rings (SSSR count). The highest BCUT2D eigenvalue weighted by Gasteiger charge is 2.16. The minimum absolute atomic E-state index is 0.114. The zero-order valence-electron chi connectivity index (χ0n) is 14.6. The topological polar surface area (TPSA) is 76.2 Å². The number of hydrogen-bond acceptors (Lipinski definition) is 4. The number of alkyl halides is 2. The lowest BCUT2D eigenvalue weighted by atomic mass is 10.1. The molecular weight excluding hydrogens is 356 g/mol. The number of methoxy groups -OCH3 is 1. The highest BCUT2D eigenvalue weighted by atomic mass is 19.3. The number of aromatic nitrogens is 2. The molecule has 0 unspecified atom stereocenters. The van der Waals surface area contributed by atoms with Gasteiger partial charge in [-0.1, -0.05) is 18.2 Å². The summed E-state index contributed by atoms with van der Waals surface area (Å²) in [7, 11) is 1.56. The minimum Gasteiger partial charge on any atom is -0.497 e. The fraction of sp³-hybridized carbons (Fsp3) is 0.158. The Hall–Kier alpha value is -3.42. The number of anilines is 1. The monoisotopic (exact) mass is 373 g/mol. The van der Waals surface area contributed by atoms with Crippen LogP contribution in [0.4, 0.5) is 14.5 Å². The van der Waals surface area contributed by atoms with Crippen molar-refractivity contribution in [3.8, 4) is 22.8 Å². The number of aryl methyl sites for hydroxylation is 1. The van der Waals surface area contributed by atoms with Gasteiger partial charge in [-0.3, -0.25) is 9.89 Å². The summed E-state index contributed by atoms with van der Waals surface area (Å²) < 4.78 is 34.7. The third-order valence-electron chi connectivity index (χ3n) is 3.79. The molecule has 0 saturated heterocycles. The highest BCUT2D eigenvalue weighted by molar-refractivity contribution is 6.04. The van der Waals surface area contributed by atoms with Crippen molar-refractivity contribution in [2.24, 2.45) is 0 Å². The van der Waals surface area contributed by atoms with Gasteiger partial charge in [0.15, 0.2) is 0 Å². The first-order valence-corrected chi connectivity index (χ1v) is 8.03. The lowest BCUT2D eigenvalue weighted by molar-refractivity contribution is -0.0493. The van der Waals surface area contributed by atoms with Crippen LogP contribution in [0.25, 0.3) is 11.3 Å². The number of H-pyrrole nitrogens is 1. The van der Waals surface area contributed by atoms with Crippen molar-refractivity contribution in [3.63, 3.8) is 0 Å². The van der Waals surface area contributed by atoms with Crippen LogP contribution < -0.4 is 14.8 Å². The lowest BCUT2D eigenvalue weighted by Gasteiger charge is -2.12. The zero-order valence-corrected chi connectivity index (χ0v) is 14.6. The van der Waals surface area contributed by atoms with E-state index >= 15 is 0 Å². The second-order valence-corrected chi connectivity index (χ2v) is 5.73. The molecular formula is C19H17F2N3O3. The molecule has 0 saturated carbocycles. The normalized spacial score (nSPS) is 10.7. The van der Waals surface area contributed by atoms with E-state index < -0.39 is 12.5 Å². The molecule has 0 atom stereocenters. The van der Waals surface area contributed by atoms with Gasteiger partial charge in [0.05, 0.1) is 18.5 Å². The molecule has 0 fully saturated rings. The lowest BCUT2D eigenvalue weighted by Crippen LogP contribution is -2.14. The fourth-order valence-corrected chi connectivity index (χ4v) is 2.50. The quantitative estimate of drug-likeness (QED) is 0.677. The van der Waals surface area contributed by atoms with Gasteiger partial charge in [0.1, 0.15) is 17.2 Å². The second-order valence-electron chi connectivity index (χ2n) is 5.73. The van der Waals surface area contributed by atoms with Crippen LogP contribution in [0.15, 0.2) is 48.5 Å². The molecule has 1 heterocycles. The van der Waals surface area contributed by atoms with E-state index in [0.29, 0.717) is 11.4 Å². The van der Waals surface area contributed by atoms with Crippen LogP contribution in [-0.2, 0) is 0 Å². The summed E-state index contributed by atoms with van der Waals surface area (Å²) in [4.78, 5) is 12.5. The number of hydrogen-bond donors (Lipinski definition) is 2. The Morgan fingerprint density at radius 2 is 2.00 bits per heavy atom. The molecule has 1 amide bonds. The third-order valence-corrected chi connectivity index (χ3v) is 3.79. The summed E-state index contributed by atoms with van der Waals surface area (Å²) >= 11 is 0. The number of ether oxygens (including phenoxy) is 2. The molecule has 140 valence electrons. The highest BCUT2D eigenvalue weighted by Crippen LogP contribution is 2.28. The van der Waals surface area contributed by atoms with E-state index in [1.807, 2.05) is 12.1 Å². The predicted molar refractivity (Wildman–Crippen MR) is 96.3 cm³/mol. The number of carbonyl (C=O) groups excluding carboxylic acids is 1. The van der Waals surface area contributed by atoms with Gasteiger partial charge in [-0.15, -0.1) is 0 Å².